The Hall–Kier alpha value is -0.510. The smallest absolute Gasteiger partial charge is 0.216 e. The number of rotatable bonds is 3. The fraction of sp³-hybridized carbons (Fsp3) is 0.600. The molecule has 1 unspecified atom stereocenters. The van der Waals surface area contributed by atoms with Crippen LogP contribution in [0.2, 0.25) is 0 Å². The Balaban J connectivity index is 3.26. The number of nitrogens with one attached hydrogen (secondary N) is 1. The fourth-order valence-corrected chi connectivity index (χ4v) is 0.373. The molecule has 0 aromatic rings. The van der Waals surface area contributed by atoms with Crippen LogP contribution in [-0.4, -0.2) is 24.0 Å². The van der Waals surface area contributed by atoms with Crippen molar-refractivity contribution < 1.29 is 9.59 Å². The molecule has 0 saturated carbocycles. The molecule has 0 aromatic carbocycles. The summed E-state index contributed by atoms with van der Waals surface area (Å²) in [6.45, 7) is 1.63. The van der Waals surface area contributed by atoms with E-state index in [1.807, 2.05) is 0 Å². The molecule has 0 spiro atoms. The van der Waals surface area contributed by atoms with Crippen molar-refractivity contribution in [2.45, 2.75) is 12.2 Å². The summed E-state index contributed by atoms with van der Waals surface area (Å²) in [5.41, 5.74) is 0. The topological polar surface area (TPSA) is 46.2 Å². The molecule has 0 aliphatic carbocycles. The quantitative estimate of drug-likeness (QED) is 0.529. The maximum Gasteiger partial charge on any atom is 0.216 e. The molecule has 0 rings (SSSR count). The first-order valence-electron chi connectivity index (χ1n) is 2.47. The van der Waals surface area contributed by atoms with Crippen LogP contribution in [0, 0.1) is 0 Å². The minimum atomic E-state index is -0.506. The zero-order chi connectivity index (χ0) is 7.28. The molecule has 0 aliphatic heterocycles. The summed E-state index contributed by atoms with van der Waals surface area (Å²) in [5.74, 6) is -0.163. The standard InChI is InChI=1S/C5H8NO2S/c1-4(8)6-2-5(9)3-7/h5,9H,2H2,1H3,(H,6,8). The number of hydrogen-bond donors (Lipinski definition) is 2. The van der Waals surface area contributed by atoms with E-state index in [1.54, 1.807) is 6.29 Å². The third kappa shape index (κ3) is 5.36. The van der Waals surface area contributed by atoms with E-state index in [9.17, 15) is 9.59 Å². The van der Waals surface area contributed by atoms with Gasteiger partial charge in [-0.1, -0.05) is 0 Å². The first kappa shape index (κ1) is 8.49. The summed E-state index contributed by atoms with van der Waals surface area (Å²) in [7, 11) is 0. The molecular weight excluding hydrogens is 138 g/mol. The van der Waals surface area contributed by atoms with Gasteiger partial charge < -0.3 is 5.32 Å². The highest BCUT2D eigenvalue weighted by Crippen LogP contribution is 1.85. The van der Waals surface area contributed by atoms with Crippen LogP contribution in [0.4, 0.5) is 0 Å². The zero-order valence-corrected chi connectivity index (χ0v) is 5.94. The van der Waals surface area contributed by atoms with E-state index in [0.29, 0.717) is 0 Å². The van der Waals surface area contributed by atoms with E-state index in [1.165, 1.54) is 6.92 Å². The largest absolute Gasteiger partial charge is 0.355 e. The maximum atomic E-state index is 10.2. The summed E-state index contributed by atoms with van der Waals surface area (Å²) < 4.78 is 0. The lowest BCUT2D eigenvalue weighted by atomic mass is 10.4. The Kier molecular flexibility index (Phi) is 4.13. The SMILES string of the molecule is CC(=O)NCC(S)[C]=O. The number of amides is 1. The molecule has 1 radical (unpaired) electrons. The van der Waals surface area contributed by atoms with Crippen LogP contribution in [0.3, 0.4) is 0 Å². The number of thiol groups is 1. The van der Waals surface area contributed by atoms with Crippen molar-refractivity contribution in [2.24, 2.45) is 0 Å². The molecular formula is C5H8NO2S. The van der Waals surface area contributed by atoms with Gasteiger partial charge in [-0.3, -0.25) is 9.59 Å². The molecule has 0 heterocycles. The highest BCUT2D eigenvalue weighted by atomic mass is 32.1. The van der Waals surface area contributed by atoms with E-state index < -0.39 is 5.25 Å². The van der Waals surface area contributed by atoms with Crippen LogP contribution >= 0.6 is 12.6 Å². The maximum absolute atomic E-state index is 10.2. The second-order valence-electron chi connectivity index (χ2n) is 1.57. The van der Waals surface area contributed by atoms with Gasteiger partial charge in [0.15, 0.2) is 0 Å². The molecule has 0 bridgehead atoms. The van der Waals surface area contributed by atoms with Gasteiger partial charge in [-0.05, 0) is 0 Å². The van der Waals surface area contributed by atoms with Gasteiger partial charge in [-0.25, -0.2) is 0 Å². The number of carbonyl (C=O) groups excluding carboxylic acids is 2. The van der Waals surface area contributed by atoms with Gasteiger partial charge in [0.2, 0.25) is 12.2 Å². The molecule has 0 fully saturated rings. The third-order valence-corrected chi connectivity index (χ3v) is 0.968. The molecule has 0 aliphatic rings. The highest BCUT2D eigenvalue weighted by Gasteiger charge is 2.00. The van der Waals surface area contributed by atoms with E-state index >= 15 is 0 Å². The molecule has 1 amide bonds. The normalized spacial score (nSPS) is 12.2. The van der Waals surface area contributed by atoms with Crippen molar-refractivity contribution in [1.82, 2.24) is 5.32 Å². The summed E-state index contributed by atoms with van der Waals surface area (Å²) >= 11 is 3.77. The van der Waals surface area contributed by atoms with Gasteiger partial charge >= 0.3 is 0 Å². The lowest BCUT2D eigenvalue weighted by Crippen LogP contribution is -2.27. The molecule has 1 N–H and O–H groups in total. The average molecular weight is 146 g/mol. The number of carbonyl (C=O) groups is 1. The highest BCUT2D eigenvalue weighted by molar-refractivity contribution is 7.81. The van der Waals surface area contributed by atoms with E-state index in [-0.39, 0.29) is 12.5 Å². The second kappa shape index (κ2) is 4.38. The fourth-order valence-electron chi connectivity index (χ4n) is 0.282. The zero-order valence-electron chi connectivity index (χ0n) is 5.05. The molecule has 3 nitrogen and oxygen atoms in total. The summed E-state index contributed by atoms with van der Waals surface area (Å²) in [6, 6.07) is 0. The molecule has 4 heteroatoms. The third-order valence-electron chi connectivity index (χ3n) is 0.680. The van der Waals surface area contributed by atoms with Crippen molar-refractivity contribution in [3.63, 3.8) is 0 Å². The Morgan fingerprint density at radius 2 is 2.44 bits per heavy atom. The first-order valence-corrected chi connectivity index (χ1v) is 2.98. The summed E-state index contributed by atoms with van der Waals surface area (Å²) in [5, 5.41) is 1.91. The van der Waals surface area contributed by atoms with Crippen LogP contribution in [0.15, 0.2) is 0 Å². The lowest BCUT2D eigenvalue weighted by molar-refractivity contribution is -0.118. The van der Waals surface area contributed by atoms with Crippen molar-refractivity contribution in [3.8, 4) is 0 Å². The van der Waals surface area contributed by atoms with Crippen LogP contribution in [-0.2, 0) is 9.59 Å². The Labute approximate surface area is 59.2 Å². The van der Waals surface area contributed by atoms with Crippen molar-refractivity contribution in [3.05, 3.63) is 0 Å². The molecule has 51 valence electrons. The Morgan fingerprint density at radius 3 is 2.78 bits per heavy atom. The second-order valence-corrected chi connectivity index (χ2v) is 2.19. The van der Waals surface area contributed by atoms with Crippen LogP contribution in [0.5, 0.6) is 0 Å². The molecule has 1 atom stereocenters. The Bertz CT molecular complexity index is 116. The minimum absolute atomic E-state index is 0.163. The van der Waals surface area contributed by atoms with Crippen molar-refractivity contribution in [1.29, 1.82) is 0 Å². The van der Waals surface area contributed by atoms with Gasteiger partial charge in [-0.15, -0.1) is 0 Å². The predicted octanol–water partition coefficient (Wildman–Crippen LogP) is -0.469. The first-order chi connectivity index (χ1) is 4.16. The molecule has 0 aromatic heterocycles. The van der Waals surface area contributed by atoms with Crippen LogP contribution < -0.4 is 5.32 Å². The summed E-state index contributed by atoms with van der Waals surface area (Å²) in [6.07, 6.45) is 1.62. The molecule has 9 heavy (non-hydrogen) atoms. The van der Waals surface area contributed by atoms with Crippen molar-refractivity contribution >= 4 is 24.8 Å². The van der Waals surface area contributed by atoms with Crippen LogP contribution in [0.1, 0.15) is 6.92 Å². The van der Waals surface area contributed by atoms with Gasteiger partial charge in [0.25, 0.3) is 0 Å². The molecule has 0 saturated heterocycles. The Morgan fingerprint density at radius 1 is 1.89 bits per heavy atom. The monoisotopic (exact) mass is 146 g/mol. The van der Waals surface area contributed by atoms with Crippen LogP contribution in [0.25, 0.3) is 0 Å². The summed E-state index contributed by atoms with van der Waals surface area (Å²) in [4.78, 5) is 20.0. The van der Waals surface area contributed by atoms with Gasteiger partial charge in [-0.2, -0.15) is 12.6 Å². The van der Waals surface area contributed by atoms with Crippen molar-refractivity contribution in [2.75, 3.05) is 6.54 Å². The van der Waals surface area contributed by atoms with Gasteiger partial charge in [0.1, 0.15) is 0 Å². The van der Waals surface area contributed by atoms with Gasteiger partial charge in [0.05, 0.1) is 5.25 Å². The number of hydrogen-bond acceptors (Lipinski definition) is 3. The van der Waals surface area contributed by atoms with E-state index in [4.69, 9.17) is 0 Å². The van der Waals surface area contributed by atoms with Gasteiger partial charge in [0, 0.05) is 13.5 Å². The van der Waals surface area contributed by atoms with E-state index in [0.717, 1.165) is 0 Å². The lowest BCUT2D eigenvalue weighted by Gasteiger charge is -2.00. The predicted molar refractivity (Wildman–Crippen MR) is 37.2 cm³/mol. The van der Waals surface area contributed by atoms with E-state index in [2.05, 4.69) is 17.9 Å². The average Bonchev–Trinajstić information content (AvgIpc) is 1.83. The minimum Gasteiger partial charge on any atom is -0.355 e.